The fourth-order valence-electron chi connectivity index (χ4n) is 1.56. The zero-order valence-electron chi connectivity index (χ0n) is 11.9. The molecule has 0 aromatic heterocycles. The van der Waals surface area contributed by atoms with E-state index in [0.29, 0.717) is 5.56 Å². The van der Waals surface area contributed by atoms with Gasteiger partial charge in [-0.2, -0.15) is 0 Å². The molecule has 2 rings (SSSR count). The van der Waals surface area contributed by atoms with Crippen LogP contribution in [0.15, 0.2) is 58.1 Å². The van der Waals surface area contributed by atoms with Gasteiger partial charge in [0.2, 0.25) is 5.43 Å². The van der Waals surface area contributed by atoms with Gasteiger partial charge in [-0.1, -0.05) is 42.5 Å². The Labute approximate surface area is 118 Å². The van der Waals surface area contributed by atoms with Crippen molar-refractivity contribution < 1.29 is 5.11 Å². The lowest BCUT2D eigenvalue weighted by molar-refractivity contribution is 0.467. The van der Waals surface area contributed by atoms with E-state index >= 15 is 0 Å². The van der Waals surface area contributed by atoms with Crippen LogP contribution in [0.5, 0.6) is 5.75 Å². The molecule has 104 valence electrons. The van der Waals surface area contributed by atoms with Crippen LogP contribution in [-0.4, -0.2) is 5.11 Å². The summed E-state index contributed by atoms with van der Waals surface area (Å²) in [5.41, 5.74) is 2.03. The lowest BCUT2D eigenvalue weighted by Gasteiger charge is -1.85. The van der Waals surface area contributed by atoms with Gasteiger partial charge < -0.3 is 5.11 Å². The van der Waals surface area contributed by atoms with Crippen LogP contribution in [0.4, 0.5) is 0 Å². The molecule has 20 heavy (non-hydrogen) atoms. The molecular weight excluding hydrogens is 252 g/mol. The normalized spacial score (nSPS) is 9.35. The Morgan fingerprint density at radius 2 is 1.10 bits per heavy atom. The van der Waals surface area contributed by atoms with E-state index in [4.69, 9.17) is 5.11 Å². The molecule has 1 N–H and O–H groups in total. The van der Waals surface area contributed by atoms with Crippen molar-refractivity contribution >= 4 is 0 Å². The Hall–Kier alpha value is -2.42. The SMILES string of the molecule is Cc1ccccc(=O)c1O.Cc1ccccc(C)c1=O. The molecule has 0 unspecified atom stereocenters. The van der Waals surface area contributed by atoms with Gasteiger partial charge >= 0.3 is 0 Å². The second-order valence-electron chi connectivity index (χ2n) is 4.53. The number of aryl methyl sites for hydroxylation is 3. The fraction of sp³-hybridized carbons (Fsp3) is 0.176. The molecule has 0 fully saturated rings. The first-order chi connectivity index (χ1) is 9.43. The van der Waals surface area contributed by atoms with Crippen LogP contribution in [0, 0.1) is 20.8 Å². The van der Waals surface area contributed by atoms with E-state index < -0.39 is 0 Å². The summed E-state index contributed by atoms with van der Waals surface area (Å²) >= 11 is 0. The Morgan fingerprint density at radius 3 is 1.60 bits per heavy atom. The van der Waals surface area contributed by atoms with Crippen LogP contribution in [0.25, 0.3) is 0 Å². The molecule has 0 aliphatic heterocycles. The van der Waals surface area contributed by atoms with Crippen molar-refractivity contribution in [1.29, 1.82) is 0 Å². The Balaban J connectivity index is 0.000000200. The van der Waals surface area contributed by atoms with E-state index in [2.05, 4.69) is 0 Å². The summed E-state index contributed by atoms with van der Waals surface area (Å²) in [6, 6.07) is 13.8. The highest BCUT2D eigenvalue weighted by Crippen LogP contribution is 2.05. The Bertz CT molecular complexity index is 678. The molecule has 0 radical (unpaired) electrons. The molecule has 0 bridgehead atoms. The first kappa shape index (κ1) is 15.6. The third kappa shape index (κ3) is 4.35. The zero-order valence-corrected chi connectivity index (χ0v) is 11.9. The predicted molar refractivity (Wildman–Crippen MR) is 81.3 cm³/mol. The van der Waals surface area contributed by atoms with E-state index in [1.807, 2.05) is 38.1 Å². The van der Waals surface area contributed by atoms with Crippen molar-refractivity contribution in [2.75, 3.05) is 0 Å². The molecule has 0 aliphatic rings. The Kier molecular flexibility index (Phi) is 5.66. The molecular formula is C17H18O3. The highest BCUT2D eigenvalue weighted by Gasteiger charge is 1.94. The van der Waals surface area contributed by atoms with Gasteiger partial charge in [-0.15, -0.1) is 0 Å². The van der Waals surface area contributed by atoms with Crippen LogP contribution in [-0.2, 0) is 0 Å². The van der Waals surface area contributed by atoms with E-state index in [1.54, 1.807) is 25.1 Å². The summed E-state index contributed by atoms with van der Waals surface area (Å²) in [5.74, 6) is -0.162. The van der Waals surface area contributed by atoms with Gasteiger partial charge in [0.1, 0.15) is 0 Å². The molecule has 0 heterocycles. The summed E-state index contributed by atoms with van der Waals surface area (Å²) in [5, 5.41) is 9.05. The van der Waals surface area contributed by atoms with Crippen molar-refractivity contribution in [3.05, 3.63) is 85.7 Å². The molecule has 3 nitrogen and oxygen atoms in total. The molecule has 3 heteroatoms. The standard InChI is InChI=1S/C9H10O.C8H8O2/c1-7-5-3-4-6-8(2)9(7)10;1-6-4-2-3-5-7(9)8(6)10/h3-6H,1-2H3;2-5H,1H3,(H,9,10). The Morgan fingerprint density at radius 1 is 0.700 bits per heavy atom. The summed E-state index contributed by atoms with van der Waals surface area (Å²) in [6.07, 6.45) is 0. The maximum Gasteiger partial charge on any atom is 0.220 e. The minimum absolute atomic E-state index is 0.144. The molecule has 0 saturated carbocycles. The summed E-state index contributed by atoms with van der Waals surface area (Å²) in [7, 11) is 0. The summed E-state index contributed by atoms with van der Waals surface area (Å²) < 4.78 is 0. The van der Waals surface area contributed by atoms with Crippen molar-refractivity contribution in [3.8, 4) is 5.75 Å². The van der Waals surface area contributed by atoms with Gasteiger partial charge in [-0.05, 0) is 43.5 Å². The molecule has 0 amide bonds. The molecule has 0 aliphatic carbocycles. The van der Waals surface area contributed by atoms with Gasteiger partial charge in [-0.3, -0.25) is 9.59 Å². The quantitative estimate of drug-likeness (QED) is 0.800. The van der Waals surface area contributed by atoms with E-state index in [9.17, 15) is 9.59 Å². The van der Waals surface area contributed by atoms with Gasteiger partial charge in [0, 0.05) is 0 Å². The van der Waals surface area contributed by atoms with Gasteiger partial charge in [-0.25, -0.2) is 0 Å². The van der Waals surface area contributed by atoms with Crippen LogP contribution >= 0.6 is 0 Å². The minimum atomic E-state index is -0.331. The van der Waals surface area contributed by atoms with E-state index in [-0.39, 0.29) is 16.6 Å². The monoisotopic (exact) mass is 270 g/mol. The summed E-state index contributed by atoms with van der Waals surface area (Å²) in [6.45, 7) is 5.35. The minimum Gasteiger partial charge on any atom is -0.504 e. The topological polar surface area (TPSA) is 54.4 Å². The van der Waals surface area contributed by atoms with Crippen molar-refractivity contribution in [3.63, 3.8) is 0 Å². The van der Waals surface area contributed by atoms with Crippen LogP contribution in [0.3, 0.4) is 0 Å². The first-order valence-corrected chi connectivity index (χ1v) is 6.29. The van der Waals surface area contributed by atoms with Crippen LogP contribution in [0.1, 0.15) is 16.7 Å². The van der Waals surface area contributed by atoms with Crippen molar-refractivity contribution in [2.45, 2.75) is 20.8 Å². The van der Waals surface area contributed by atoms with Crippen molar-refractivity contribution in [1.82, 2.24) is 0 Å². The lowest BCUT2D eigenvalue weighted by Crippen LogP contribution is -2.03. The molecule has 2 aromatic rings. The smallest absolute Gasteiger partial charge is 0.220 e. The van der Waals surface area contributed by atoms with E-state index in [0.717, 1.165) is 11.1 Å². The van der Waals surface area contributed by atoms with Gasteiger partial charge in [0.15, 0.2) is 11.2 Å². The average molecular weight is 270 g/mol. The number of aromatic hydroxyl groups is 1. The maximum absolute atomic E-state index is 11.2. The molecule has 2 aromatic carbocycles. The molecule has 0 spiro atoms. The average Bonchev–Trinajstić information content (AvgIpc) is 2.66. The van der Waals surface area contributed by atoms with Gasteiger partial charge in [0.25, 0.3) is 0 Å². The highest BCUT2D eigenvalue weighted by molar-refractivity contribution is 5.28. The number of rotatable bonds is 0. The third-order valence-corrected chi connectivity index (χ3v) is 2.83. The zero-order chi connectivity index (χ0) is 15.1. The van der Waals surface area contributed by atoms with Crippen molar-refractivity contribution in [2.24, 2.45) is 0 Å². The van der Waals surface area contributed by atoms with Crippen LogP contribution < -0.4 is 10.9 Å². The number of hydrogen-bond donors (Lipinski definition) is 1. The largest absolute Gasteiger partial charge is 0.504 e. The molecule has 0 atom stereocenters. The fourth-order valence-corrected chi connectivity index (χ4v) is 1.56. The second-order valence-corrected chi connectivity index (χ2v) is 4.53. The second kappa shape index (κ2) is 7.24. The van der Waals surface area contributed by atoms with E-state index in [1.165, 1.54) is 6.07 Å². The highest BCUT2D eigenvalue weighted by atomic mass is 16.3. The summed E-state index contributed by atoms with van der Waals surface area (Å²) in [4.78, 5) is 22.0. The van der Waals surface area contributed by atoms with Crippen LogP contribution in [0.2, 0.25) is 0 Å². The predicted octanol–water partition coefficient (Wildman–Crippen LogP) is 2.72. The number of hydrogen-bond acceptors (Lipinski definition) is 3. The third-order valence-electron chi connectivity index (χ3n) is 2.83. The lowest BCUT2D eigenvalue weighted by atomic mass is 10.2. The molecule has 0 saturated heterocycles. The first-order valence-electron chi connectivity index (χ1n) is 6.29. The van der Waals surface area contributed by atoms with Gasteiger partial charge in [0.05, 0.1) is 0 Å². The maximum atomic E-state index is 11.2.